The van der Waals surface area contributed by atoms with Gasteiger partial charge in [0.25, 0.3) is 5.91 Å². The number of amides is 1. The van der Waals surface area contributed by atoms with Crippen molar-refractivity contribution in [2.24, 2.45) is 0 Å². The highest BCUT2D eigenvalue weighted by molar-refractivity contribution is 7.13. The number of carbonyl (C=O) groups excluding carboxylic acids is 2. The Bertz CT molecular complexity index is 904. The molecule has 27 heavy (non-hydrogen) atoms. The van der Waals surface area contributed by atoms with E-state index in [0.29, 0.717) is 11.3 Å². The molecule has 3 rings (SSSR count). The van der Waals surface area contributed by atoms with E-state index < -0.39 is 5.97 Å². The van der Waals surface area contributed by atoms with Gasteiger partial charge in [0.05, 0.1) is 10.6 Å². The first kappa shape index (κ1) is 18.8. The molecule has 1 aromatic carbocycles. The van der Waals surface area contributed by atoms with Crippen LogP contribution in [0.4, 0.5) is 0 Å². The van der Waals surface area contributed by atoms with E-state index in [0.717, 1.165) is 17.0 Å². The number of rotatable bonds is 7. The highest BCUT2D eigenvalue weighted by atomic mass is 32.1. The van der Waals surface area contributed by atoms with Crippen LogP contribution in [0.2, 0.25) is 0 Å². The first-order valence-electron chi connectivity index (χ1n) is 8.74. The molecule has 0 aliphatic rings. The van der Waals surface area contributed by atoms with Crippen LogP contribution in [-0.2, 0) is 9.53 Å². The van der Waals surface area contributed by atoms with Crippen molar-refractivity contribution in [3.05, 3.63) is 59.6 Å². The van der Waals surface area contributed by atoms with Gasteiger partial charge in [-0.05, 0) is 36.9 Å². The van der Waals surface area contributed by atoms with Gasteiger partial charge in [0.15, 0.2) is 6.61 Å². The summed E-state index contributed by atoms with van der Waals surface area (Å²) in [6, 6.07) is 13.4. The number of aromatic nitrogens is 2. The Hall–Kier alpha value is -2.93. The molecule has 2 heterocycles. The maximum absolute atomic E-state index is 12.6. The molecule has 1 atom stereocenters. The molecular formula is C20H21N3O3S. The number of nitrogens with zero attached hydrogens (tertiary/aromatic N) is 2. The lowest BCUT2D eigenvalue weighted by Crippen LogP contribution is -2.35. The van der Waals surface area contributed by atoms with E-state index in [4.69, 9.17) is 4.74 Å². The molecule has 0 radical (unpaired) electrons. The van der Waals surface area contributed by atoms with Gasteiger partial charge in [0, 0.05) is 12.2 Å². The molecule has 0 spiro atoms. The van der Waals surface area contributed by atoms with Gasteiger partial charge in [-0.1, -0.05) is 31.2 Å². The third kappa shape index (κ3) is 4.62. The molecular weight excluding hydrogens is 362 g/mol. The van der Waals surface area contributed by atoms with Crippen LogP contribution in [0.15, 0.2) is 54.0 Å². The van der Waals surface area contributed by atoms with Crippen molar-refractivity contribution in [2.45, 2.75) is 26.3 Å². The minimum absolute atomic E-state index is 0.0405. The minimum atomic E-state index is -0.570. The summed E-state index contributed by atoms with van der Waals surface area (Å²) in [5, 5.41) is 9.26. The summed E-state index contributed by atoms with van der Waals surface area (Å²) in [6.07, 6.45) is 2.45. The van der Waals surface area contributed by atoms with Gasteiger partial charge < -0.3 is 10.1 Å². The zero-order valence-electron chi connectivity index (χ0n) is 15.2. The van der Waals surface area contributed by atoms with Crippen molar-refractivity contribution in [2.75, 3.05) is 6.61 Å². The van der Waals surface area contributed by atoms with Crippen LogP contribution in [0.1, 0.15) is 30.6 Å². The number of para-hydroxylation sites is 1. The van der Waals surface area contributed by atoms with E-state index in [9.17, 15) is 9.59 Å². The SMILES string of the molecule is CC[C@@H](C)NC(=O)COC(=O)c1cn(-c2ccccc2)nc1-c1cccs1. The predicted octanol–water partition coefficient (Wildman–Crippen LogP) is 3.67. The van der Waals surface area contributed by atoms with Gasteiger partial charge in [-0.15, -0.1) is 11.3 Å². The molecule has 0 fully saturated rings. The lowest BCUT2D eigenvalue weighted by Gasteiger charge is -2.11. The van der Waals surface area contributed by atoms with E-state index in [1.165, 1.54) is 11.3 Å². The summed E-state index contributed by atoms with van der Waals surface area (Å²) in [7, 11) is 0. The average Bonchev–Trinajstić information content (AvgIpc) is 3.36. The zero-order valence-corrected chi connectivity index (χ0v) is 16.0. The highest BCUT2D eigenvalue weighted by Gasteiger charge is 2.21. The standard InChI is InChI=1S/C20H21N3O3S/c1-3-14(2)21-18(24)13-26-20(25)16-12-23(15-8-5-4-6-9-15)22-19(16)17-10-7-11-27-17/h4-12,14H,3,13H2,1-2H3,(H,21,24)/t14-/m1/s1. The predicted molar refractivity (Wildman–Crippen MR) is 105 cm³/mol. The van der Waals surface area contributed by atoms with Crippen molar-refractivity contribution in [3.8, 4) is 16.3 Å². The van der Waals surface area contributed by atoms with Crippen LogP contribution < -0.4 is 5.32 Å². The van der Waals surface area contributed by atoms with Gasteiger partial charge in [0.2, 0.25) is 0 Å². The van der Waals surface area contributed by atoms with E-state index >= 15 is 0 Å². The summed E-state index contributed by atoms with van der Waals surface area (Å²) in [5.74, 6) is -0.884. The Kier molecular flexibility index (Phi) is 6.03. The molecule has 0 saturated heterocycles. The van der Waals surface area contributed by atoms with Gasteiger partial charge >= 0.3 is 5.97 Å². The fraction of sp³-hybridized carbons (Fsp3) is 0.250. The number of hydrogen-bond acceptors (Lipinski definition) is 5. The smallest absolute Gasteiger partial charge is 0.342 e. The molecule has 1 amide bonds. The van der Waals surface area contributed by atoms with Crippen molar-refractivity contribution in [3.63, 3.8) is 0 Å². The normalized spacial score (nSPS) is 11.8. The molecule has 3 aromatic rings. The van der Waals surface area contributed by atoms with Crippen LogP contribution in [0.25, 0.3) is 16.3 Å². The Morgan fingerprint density at radius 3 is 2.67 bits per heavy atom. The largest absolute Gasteiger partial charge is 0.452 e. The fourth-order valence-corrected chi connectivity index (χ4v) is 3.18. The number of carbonyl (C=O) groups is 2. The molecule has 0 unspecified atom stereocenters. The topological polar surface area (TPSA) is 73.2 Å². The molecule has 2 aromatic heterocycles. The van der Waals surface area contributed by atoms with E-state index in [2.05, 4.69) is 10.4 Å². The maximum Gasteiger partial charge on any atom is 0.342 e. The molecule has 0 aliphatic heterocycles. The average molecular weight is 383 g/mol. The quantitative estimate of drug-likeness (QED) is 0.632. The van der Waals surface area contributed by atoms with Crippen molar-refractivity contribution in [1.29, 1.82) is 0 Å². The van der Waals surface area contributed by atoms with Gasteiger partial charge in [-0.3, -0.25) is 4.79 Å². The number of ether oxygens (including phenoxy) is 1. The van der Waals surface area contributed by atoms with Crippen LogP contribution in [-0.4, -0.2) is 34.3 Å². The van der Waals surface area contributed by atoms with Crippen molar-refractivity contribution < 1.29 is 14.3 Å². The monoisotopic (exact) mass is 383 g/mol. The van der Waals surface area contributed by atoms with E-state index in [1.807, 2.05) is 61.7 Å². The molecule has 6 nitrogen and oxygen atoms in total. The summed E-state index contributed by atoms with van der Waals surface area (Å²) in [6.45, 7) is 3.56. The first-order chi connectivity index (χ1) is 13.1. The Morgan fingerprint density at radius 2 is 2.00 bits per heavy atom. The minimum Gasteiger partial charge on any atom is -0.452 e. The molecule has 140 valence electrons. The number of hydrogen-bond donors (Lipinski definition) is 1. The summed E-state index contributed by atoms with van der Waals surface area (Å²) in [5.41, 5.74) is 1.71. The maximum atomic E-state index is 12.6. The second-order valence-corrected chi connectivity index (χ2v) is 7.05. The number of esters is 1. The summed E-state index contributed by atoms with van der Waals surface area (Å²) >= 11 is 1.49. The van der Waals surface area contributed by atoms with Gasteiger partial charge in [-0.25, -0.2) is 9.48 Å². The van der Waals surface area contributed by atoms with Crippen LogP contribution in [0, 0.1) is 0 Å². The fourth-order valence-electron chi connectivity index (χ4n) is 2.46. The zero-order chi connectivity index (χ0) is 19.2. The van der Waals surface area contributed by atoms with Gasteiger partial charge in [0.1, 0.15) is 11.3 Å². The van der Waals surface area contributed by atoms with Gasteiger partial charge in [-0.2, -0.15) is 5.10 Å². The molecule has 0 bridgehead atoms. The number of benzene rings is 1. The van der Waals surface area contributed by atoms with Crippen LogP contribution in [0.5, 0.6) is 0 Å². The molecule has 7 heteroatoms. The Labute approximate surface area is 161 Å². The Balaban J connectivity index is 1.82. The third-order valence-electron chi connectivity index (χ3n) is 4.06. The summed E-state index contributed by atoms with van der Waals surface area (Å²) < 4.78 is 6.87. The number of nitrogens with one attached hydrogen (secondary N) is 1. The lowest BCUT2D eigenvalue weighted by molar-refractivity contribution is -0.124. The lowest BCUT2D eigenvalue weighted by atomic mass is 10.2. The highest BCUT2D eigenvalue weighted by Crippen LogP contribution is 2.28. The number of thiophene rings is 1. The first-order valence-corrected chi connectivity index (χ1v) is 9.62. The third-order valence-corrected chi connectivity index (χ3v) is 4.94. The molecule has 0 saturated carbocycles. The van der Waals surface area contributed by atoms with Crippen LogP contribution in [0.3, 0.4) is 0 Å². The molecule has 1 N–H and O–H groups in total. The molecule has 0 aliphatic carbocycles. The summed E-state index contributed by atoms with van der Waals surface area (Å²) in [4.78, 5) is 25.4. The van der Waals surface area contributed by atoms with Crippen molar-refractivity contribution in [1.82, 2.24) is 15.1 Å². The Morgan fingerprint density at radius 1 is 1.22 bits per heavy atom. The van der Waals surface area contributed by atoms with Crippen LogP contribution >= 0.6 is 11.3 Å². The van der Waals surface area contributed by atoms with Crippen molar-refractivity contribution >= 4 is 23.2 Å². The van der Waals surface area contributed by atoms with E-state index in [1.54, 1.807) is 10.9 Å². The second kappa shape index (κ2) is 8.64. The second-order valence-electron chi connectivity index (χ2n) is 6.10. The van der Waals surface area contributed by atoms with E-state index in [-0.39, 0.29) is 18.6 Å².